The number of hydrogen-bond donors (Lipinski definition) is 1. The van der Waals surface area contributed by atoms with Crippen molar-refractivity contribution in [1.29, 1.82) is 0 Å². The summed E-state index contributed by atoms with van der Waals surface area (Å²) in [6, 6.07) is 0.267. The van der Waals surface area contributed by atoms with Crippen LogP contribution < -0.4 is 5.32 Å². The van der Waals surface area contributed by atoms with Gasteiger partial charge in [0.05, 0.1) is 15.9 Å². The van der Waals surface area contributed by atoms with Crippen molar-refractivity contribution in [3.63, 3.8) is 0 Å². The average Bonchev–Trinajstić information content (AvgIpc) is 2.54. The van der Waals surface area contributed by atoms with Gasteiger partial charge in [-0.15, -0.1) is 0 Å². The fraction of sp³-hybridized carbons (Fsp3) is 0.667. The van der Waals surface area contributed by atoms with Gasteiger partial charge in [-0.25, -0.2) is 0 Å². The van der Waals surface area contributed by atoms with Crippen LogP contribution in [0.4, 0.5) is 0 Å². The molecule has 0 aromatic carbocycles. The number of carbonyl (C=O) groups excluding carboxylic acids is 1. The quantitative estimate of drug-likeness (QED) is 0.908. The highest BCUT2D eigenvalue weighted by Gasteiger charge is 2.13. The fourth-order valence-corrected chi connectivity index (χ4v) is 2.02. The van der Waals surface area contributed by atoms with Gasteiger partial charge in [-0.1, -0.05) is 13.8 Å². The Hall–Kier alpha value is -0.840. The van der Waals surface area contributed by atoms with Gasteiger partial charge in [0.2, 0.25) is 5.91 Å². The Morgan fingerprint density at radius 2 is 2.00 bits per heavy atom. The third-order valence-corrected chi connectivity index (χ3v) is 4.08. The van der Waals surface area contributed by atoms with E-state index in [2.05, 4.69) is 40.2 Å². The highest BCUT2D eigenvalue weighted by Crippen LogP contribution is 2.19. The van der Waals surface area contributed by atoms with Gasteiger partial charge in [0, 0.05) is 6.04 Å². The molecular formula is C12H20BrN3O. The van der Waals surface area contributed by atoms with Crippen molar-refractivity contribution in [2.45, 2.75) is 53.1 Å². The maximum atomic E-state index is 11.8. The molecule has 0 aliphatic rings. The van der Waals surface area contributed by atoms with Crippen molar-refractivity contribution in [1.82, 2.24) is 15.1 Å². The minimum Gasteiger partial charge on any atom is -0.352 e. The lowest BCUT2D eigenvalue weighted by Crippen LogP contribution is -2.36. The van der Waals surface area contributed by atoms with Crippen LogP contribution in [0.3, 0.4) is 0 Å². The third-order valence-electron chi connectivity index (χ3n) is 2.94. The van der Waals surface area contributed by atoms with Crippen molar-refractivity contribution in [3.8, 4) is 0 Å². The lowest BCUT2D eigenvalue weighted by atomic mass is 10.2. The van der Waals surface area contributed by atoms with Crippen molar-refractivity contribution >= 4 is 21.8 Å². The lowest BCUT2D eigenvalue weighted by Gasteiger charge is -2.14. The molecule has 1 heterocycles. The molecule has 4 nitrogen and oxygen atoms in total. The molecule has 0 spiro atoms. The molecule has 1 aromatic rings. The van der Waals surface area contributed by atoms with Crippen LogP contribution in [0.1, 0.15) is 38.1 Å². The van der Waals surface area contributed by atoms with E-state index in [1.807, 2.05) is 13.8 Å². The van der Waals surface area contributed by atoms with Gasteiger partial charge >= 0.3 is 0 Å². The second kappa shape index (κ2) is 6.19. The molecule has 1 rings (SSSR count). The third kappa shape index (κ3) is 3.56. The average molecular weight is 302 g/mol. The molecule has 96 valence electrons. The summed E-state index contributed by atoms with van der Waals surface area (Å²) < 4.78 is 2.71. The number of halogens is 1. The standard InChI is InChI=1S/C12H20BrN3O/c1-5-10(6-2)14-11(17)7-16-9(4)12(13)8(3)15-16/h10H,5-7H2,1-4H3,(H,14,17). The van der Waals surface area contributed by atoms with Crippen LogP contribution in [0, 0.1) is 13.8 Å². The molecule has 17 heavy (non-hydrogen) atoms. The normalized spacial score (nSPS) is 10.9. The van der Waals surface area contributed by atoms with E-state index in [1.54, 1.807) is 4.68 Å². The Balaban J connectivity index is 2.65. The summed E-state index contributed by atoms with van der Waals surface area (Å²) in [7, 11) is 0. The largest absolute Gasteiger partial charge is 0.352 e. The van der Waals surface area contributed by atoms with E-state index in [0.717, 1.165) is 28.7 Å². The van der Waals surface area contributed by atoms with Crippen molar-refractivity contribution in [2.75, 3.05) is 0 Å². The van der Waals surface area contributed by atoms with Crippen LogP contribution in [-0.4, -0.2) is 21.7 Å². The van der Waals surface area contributed by atoms with Crippen LogP contribution in [-0.2, 0) is 11.3 Å². The van der Waals surface area contributed by atoms with E-state index < -0.39 is 0 Å². The first-order valence-electron chi connectivity index (χ1n) is 5.98. The first kappa shape index (κ1) is 14.2. The Morgan fingerprint density at radius 1 is 1.41 bits per heavy atom. The second-order valence-corrected chi connectivity index (χ2v) is 5.02. The van der Waals surface area contributed by atoms with E-state index in [1.165, 1.54) is 0 Å². The van der Waals surface area contributed by atoms with E-state index in [-0.39, 0.29) is 18.5 Å². The van der Waals surface area contributed by atoms with Crippen LogP contribution in [0.5, 0.6) is 0 Å². The maximum absolute atomic E-state index is 11.8. The number of aryl methyl sites for hydroxylation is 1. The Morgan fingerprint density at radius 3 is 2.41 bits per heavy atom. The summed E-state index contributed by atoms with van der Waals surface area (Å²) in [4.78, 5) is 11.8. The minimum atomic E-state index is 0.0248. The molecular weight excluding hydrogens is 282 g/mol. The predicted octanol–water partition coefficient (Wildman–Crippen LogP) is 2.57. The zero-order valence-corrected chi connectivity index (χ0v) is 12.5. The molecule has 0 radical (unpaired) electrons. The van der Waals surface area contributed by atoms with Gasteiger partial charge in [0.1, 0.15) is 6.54 Å². The number of nitrogens with zero attached hydrogens (tertiary/aromatic N) is 2. The Labute approximate surface area is 111 Å². The van der Waals surface area contributed by atoms with Gasteiger partial charge in [-0.2, -0.15) is 5.10 Å². The Kier molecular flexibility index (Phi) is 5.18. The maximum Gasteiger partial charge on any atom is 0.241 e. The van der Waals surface area contributed by atoms with Crippen molar-refractivity contribution in [3.05, 3.63) is 15.9 Å². The number of amides is 1. The SMILES string of the molecule is CCC(CC)NC(=O)Cn1nc(C)c(Br)c1C. The molecule has 5 heteroatoms. The smallest absolute Gasteiger partial charge is 0.241 e. The topological polar surface area (TPSA) is 46.9 Å². The molecule has 0 aliphatic carbocycles. The summed E-state index contributed by atoms with van der Waals surface area (Å²) in [6.45, 7) is 8.32. The predicted molar refractivity (Wildman–Crippen MR) is 71.9 cm³/mol. The molecule has 0 atom stereocenters. The summed E-state index contributed by atoms with van der Waals surface area (Å²) in [5.74, 6) is 0.0248. The summed E-state index contributed by atoms with van der Waals surface area (Å²) in [5.41, 5.74) is 1.90. The van der Waals surface area contributed by atoms with Crippen LogP contribution in [0.25, 0.3) is 0 Å². The first-order chi connectivity index (χ1) is 7.99. The highest BCUT2D eigenvalue weighted by atomic mass is 79.9. The van der Waals surface area contributed by atoms with Crippen LogP contribution >= 0.6 is 15.9 Å². The summed E-state index contributed by atoms with van der Waals surface area (Å²) in [5, 5.41) is 7.32. The molecule has 0 saturated heterocycles. The van der Waals surface area contributed by atoms with E-state index in [9.17, 15) is 4.79 Å². The number of nitrogens with one attached hydrogen (secondary N) is 1. The summed E-state index contributed by atoms with van der Waals surface area (Å²) >= 11 is 3.45. The van der Waals surface area contributed by atoms with Crippen molar-refractivity contribution < 1.29 is 4.79 Å². The van der Waals surface area contributed by atoms with Crippen molar-refractivity contribution in [2.24, 2.45) is 0 Å². The molecule has 0 fully saturated rings. The van der Waals surface area contributed by atoms with Gasteiger partial charge in [0.15, 0.2) is 0 Å². The molecule has 1 aromatic heterocycles. The summed E-state index contributed by atoms with van der Waals surface area (Å²) in [6.07, 6.45) is 1.92. The highest BCUT2D eigenvalue weighted by molar-refractivity contribution is 9.10. The molecule has 0 aliphatic heterocycles. The molecule has 0 saturated carbocycles. The van der Waals surface area contributed by atoms with E-state index >= 15 is 0 Å². The van der Waals surface area contributed by atoms with Crippen LogP contribution in [0.2, 0.25) is 0 Å². The first-order valence-corrected chi connectivity index (χ1v) is 6.77. The van der Waals surface area contributed by atoms with Gasteiger partial charge in [-0.3, -0.25) is 9.48 Å². The van der Waals surface area contributed by atoms with E-state index in [0.29, 0.717) is 0 Å². The van der Waals surface area contributed by atoms with Crippen LogP contribution in [0.15, 0.2) is 4.47 Å². The fourth-order valence-electron chi connectivity index (χ4n) is 1.73. The molecule has 1 N–H and O–H groups in total. The second-order valence-electron chi connectivity index (χ2n) is 4.22. The zero-order chi connectivity index (χ0) is 13.0. The monoisotopic (exact) mass is 301 g/mol. The van der Waals surface area contributed by atoms with Gasteiger partial charge < -0.3 is 5.32 Å². The van der Waals surface area contributed by atoms with E-state index in [4.69, 9.17) is 0 Å². The van der Waals surface area contributed by atoms with Gasteiger partial charge in [-0.05, 0) is 42.6 Å². The molecule has 0 unspecified atom stereocenters. The number of carbonyl (C=O) groups is 1. The molecule has 1 amide bonds. The zero-order valence-electron chi connectivity index (χ0n) is 10.9. The van der Waals surface area contributed by atoms with Gasteiger partial charge in [0.25, 0.3) is 0 Å². The lowest BCUT2D eigenvalue weighted by molar-refractivity contribution is -0.122. The Bertz CT molecular complexity index is 397. The number of rotatable bonds is 5. The number of hydrogen-bond acceptors (Lipinski definition) is 2. The number of aromatic nitrogens is 2. The molecule has 0 bridgehead atoms. The minimum absolute atomic E-state index is 0.0248.